The molecule has 0 radical (unpaired) electrons. The SMILES string of the molecule is Cc1cc(N2CCCC(C(C)O)C2)nc(-c2cccc([N+](=O)[O-])c2)n1. The lowest BCUT2D eigenvalue weighted by molar-refractivity contribution is -0.384. The van der Waals surface area contributed by atoms with Gasteiger partial charge in [-0.05, 0) is 26.7 Å². The van der Waals surface area contributed by atoms with Crippen molar-refractivity contribution < 1.29 is 10.0 Å². The molecule has 1 aliphatic heterocycles. The second kappa shape index (κ2) is 7.14. The third kappa shape index (κ3) is 3.93. The van der Waals surface area contributed by atoms with Crippen LogP contribution < -0.4 is 4.90 Å². The molecule has 7 nitrogen and oxygen atoms in total. The first-order valence-electron chi connectivity index (χ1n) is 8.47. The van der Waals surface area contributed by atoms with Crippen molar-refractivity contribution in [2.45, 2.75) is 32.8 Å². The number of non-ortho nitro benzene ring substituents is 1. The Labute approximate surface area is 146 Å². The number of aromatic nitrogens is 2. The first-order chi connectivity index (χ1) is 11.9. The Hall–Kier alpha value is -2.54. The zero-order valence-electron chi connectivity index (χ0n) is 14.4. The minimum absolute atomic E-state index is 0.0243. The number of anilines is 1. The molecule has 1 aliphatic rings. The summed E-state index contributed by atoms with van der Waals surface area (Å²) in [6.45, 7) is 5.35. The molecule has 1 saturated heterocycles. The number of aliphatic hydroxyl groups excluding tert-OH is 1. The van der Waals surface area contributed by atoms with E-state index in [9.17, 15) is 15.2 Å². The molecule has 0 amide bonds. The first-order valence-corrected chi connectivity index (χ1v) is 8.47. The third-order valence-corrected chi connectivity index (χ3v) is 4.62. The average Bonchev–Trinajstić information content (AvgIpc) is 2.61. The van der Waals surface area contributed by atoms with Crippen molar-refractivity contribution in [3.8, 4) is 11.4 Å². The summed E-state index contributed by atoms with van der Waals surface area (Å²) in [4.78, 5) is 21.8. The van der Waals surface area contributed by atoms with Crippen LogP contribution in [-0.4, -0.2) is 39.2 Å². The van der Waals surface area contributed by atoms with Crippen LogP contribution in [0.3, 0.4) is 0 Å². The van der Waals surface area contributed by atoms with Crippen LogP contribution in [0.25, 0.3) is 11.4 Å². The molecule has 2 heterocycles. The van der Waals surface area contributed by atoms with E-state index in [2.05, 4.69) is 14.9 Å². The number of nitro groups is 1. The maximum absolute atomic E-state index is 11.0. The maximum Gasteiger partial charge on any atom is 0.270 e. The van der Waals surface area contributed by atoms with Crippen LogP contribution in [0, 0.1) is 23.0 Å². The number of nitrogens with zero attached hydrogens (tertiary/aromatic N) is 4. The van der Waals surface area contributed by atoms with Crippen molar-refractivity contribution in [3.63, 3.8) is 0 Å². The molecule has 3 rings (SSSR count). The van der Waals surface area contributed by atoms with E-state index in [1.807, 2.05) is 19.9 Å². The monoisotopic (exact) mass is 342 g/mol. The van der Waals surface area contributed by atoms with Crippen molar-refractivity contribution in [2.24, 2.45) is 5.92 Å². The molecule has 2 aromatic rings. The summed E-state index contributed by atoms with van der Waals surface area (Å²) in [5.74, 6) is 1.52. The highest BCUT2D eigenvalue weighted by Gasteiger charge is 2.25. The molecule has 2 unspecified atom stereocenters. The van der Waals surface area contributed by atoms with Crippen LogP contribution in [0.4, 0.5) is 11.5 Å². The Morgan fingerprint density at radius 2 is 2.16 bits per heavy atom. The lowest BCUT2D eigenvalue weighted by atomic mass is 9.93. The van der Waals surface area contributed by atoms with E-state index in [4.69, 9.17) is 0 Å². The van der Waals surface area contributed by atoms with Crippen molar-refractivity contribution in [2.75, 3.05) is 18.0 Å². The maximum atomic E-state index is 11.0. The molecular formula is C18H22N4O3. The number of aryl methyl sites for hydroxylation is 1. The molecule has 0 bridgehead atoms. The molecule has 0 saturated carbocycles. The number of hydrogen-bond acceptors (Lipinski definition) is 6. The van der Waals surface area contributed by atoms with E-state index >= 15 is 0 Å². The molecule has 1 aromatic carbocycles. The zero-order valence-corrected chi connectivity index (χ0v) is 14.4. The summed E-state index contributed by atoms with van der Waals surface area (Å²) in [6.07, 6.45) is 1.67. The normalized spacial score (nSPS) is 18.8. The lowest BCUT2D eigenvalue weighted by Crippen LogP contribution is -2.40. The second-order valence-corrected chi connectivity index (χ2v) is 6.59. The third-order valence-electron chi connectivity index (χ3n) is 4.62. The highest BCUT2D eigenvalue weighted by Crippen LogP contribution is 2.27. The molecular weight excluding hydrogens is 320 g/mol. The number of nitro benzene ring substituents is 1. The van der Waals surface area contributed by atoms with Gasteiger partial charge < -0.3 is 10.0 Å². The van der Waals surface area contributed by atoms with Gasteiger partial charge in [0, 0.05) is 48.5 Å². The van der Waals surface area contributed by atoms with Crippen molar-refractivity contribution >= 4 is 11.5 Å². The molecule has 0 aliphatic carbocycles. The summed E-state index contributed by atoms with van der Waals surface area (Å²) in [7, 11) is 0. The fraction of sp³-hybridized carbons (Fsp3) is 0.444. The minimum atomic E-state index is -0.419. The van der Waals surface area contributed by atoms with Gasteiger partial charge in [-0.1, -0.05) is 12.1 Å². The fourth-order valence-corrected chi connectivity index (χ4v) is 3.21. The van der Waals surface area contributed by atoms with E-state index in [1.165, 1.54) is 12.1 Å². The molecule has 132 valence electrons. The van der Waals surface area contributed by atoms with Crippen molar-refractivity contribution in [1.82, 2.24) is 9.97 Å². The largest absolute Gasteiger partial charge is 0.393 e. The Morgan fingerprint density at radius 3 is 2.88 bits per heavy atom. The summed E-state index contributed by atoms with van der Waals surface area (Å²) in [6, 6.07) is 8.29. The minimum Gasteiger partial charge on any atom is -0.393 e. The van der Waals surface area contributed by atoms with Crippen LogP contribution in [0.1, 0.15) is 25.5 Å². The van der Waals surface area contributed by atoms with E-state index in [1.54, 1.807) is 12.1 Å². The Bertz CT molecular complexity index is 779. The average molecular weight is 342 g/mol. The fourth-order valence-electron chi connectivity index (χ4n) is 3.21. The van der Waals surface area contributed by atoms with Crippen LogP contribution in [0.2, 0.25) is 0 Å². The Kier molecular flexibility index (Phi) is 4.94. The van der Waals surface area contributed by atoms with Gasteiger partial charge >= 0.3 is 0 Å². The molecule has 7 heteroatoms. The number of piperidine rings is 1. The van der Waals surface area contributed by atoms with Gasteiger partial charge in [-0.15, -0.1) is 0 Å². The number of hydrogen-bond donors (Lipinski definition) is 1. The van der Waals surface area contributed by atoms with E-state index in [0.29, 0.717) is 11.4 Å². The predicted octanol–water partition coefficient (Wildman–Crippen LogP) is 2.96. The standard InChI is InChI=1S/C18H22N4O3/c1-12-9-17(21-8-4-6-15(11-21)13(2)23)20-18(19-12)14-5-3-7-16(10-14)22(24)25/h3,5,7,9-10,13,15,23H,4,6,8,11H2,1-2H3. The zero-order chi connectivity index (χ0) is 18.0. The van der Waals surface area contributed by atoms with Gasteiger partial charge in [-0.3, -0.25) is 10.1 Å². The molecule has 2 atom stereocenters. The summed E-state index contributed by atoms with van der Waals surface area (Å²) < 4.78 is 0. The van der Waals surface area contributed by atoms with Gasteiger partial charge in [0.05, 0.1) is 11.0 Å². The number of aliphatic hydroxyl groups is 1. The van der Waals surface area contributed by atoms with Crippen LogP contribution in [0.15, 0.2) is 30.3 Å². The van der Waals surface area contributed by atoms with Gasteiger partial charge in [0.25, 0.3) is 5.69 Å². The van der Waals surface area contributed by atoms with Gasteiger partial charge in [0.1, 0.15) is 5.82 Å². The van der Waals surface area contributed by atoms with Gasteiger partial charge in [-0.25, -0.2) is 9.97 Å². The lowest BCUT2D eigenvalue weighted by Gasteiger charge is -2.35. The topological polar surface area (TPSA) is 92.4 Å². The Morgan fingerprint density at radius 1 is 1.36 bits per heavy atom. The number of benzene rings is 1. The smallest absolute Gasteiger partial charge is 0.270 e. The highest BCUT2D eigenvalue weighted by molar-refractivity contribution is 5.61. The van der Waals surface area contributed by atoms with Crippen LogP contribution in [-0.2, 0) is 0 Å². The van der Waals surface area contributed by atoms with Crippen LogP contribution >= 0.6 is 0 Å². The van der Waals surface area contributed by atoms with Gasteiger partial charge in [-0.2, -0.15) is 0 Å². The van der Waals surface area contributed by atoms with Crippen molar-refractivity contribution in [1.29, 1.82) is 0 Å². The molecule has 0 spiro atoms. The molecule has 25 heavy (non-hydrogen) atoms. The summed E-state index contributed by atoms with van der Waals surface area (Å²) in [5.41, 5.74) is 1.46. The first kappa shape index (κ1) is 17.3. The Balaban J connectivity index is 1.93. The number of rotatable bonds is 4. The van der Waals surface area contributed by atoms with E-state index in [-0.39, 0.29) is 17.7 Å². The molecule has 1 fully saturated rings. The predicted molar refractivity (Wildman–Crippen MR) is 95.5 cm³/mol. The summed E-state index contributed by atoms with van der Waals surface area (Å²) in [5, 5.41) is 20.9. The highest BCUT2D eigenvalue weighted by atomic mass is 16.6. The second-order valence-electron chi connectivity index (χ2n) is 6.59. The molecule has 1 aromatic heterocycles. The van der Waals surface area contributed by atoms with Gasteiger partial charge in [0.2, 0.25) is 0 Å². The van der Waals surface area contributed by atoms with E-state index < -0.39 is 4.92 Å². The van der Waals surface area contributed by atoms with Gasteiger partial charge in [0.15, 0.2) is 5.82 Å². The molecule has 1 N–H and O–H groups in total. The summed E-state index contributed by atoms with van der Waals surface area (Å²) >= 11 is 0. The van der Waals surface area contributed by atoms with E-state index in [0.717, 1.165) is 37.4 Å². The van der Waals surface area contributed by atoms with Crippen molar-refractivity contribution in [3.05, 3.63) is 46.1 Å². The van der Waals surface area contributed by atoms with Crippen LogP contribution in [0.5, 0.6) is 0 Å². The quantitative estimate of drug-likeness (QED) is 0.678.